The Labute approximate surface area is 164 Å². The molecule has 0 aliphatic heterocycles. The van der Waals surface area contributed by atoms with Crippen molar-refractivity contribution in [1.82, 2.24) is 35.1 Å². The van der Waals surface area contributed by atoms with E-state index in [2.05, 4.69) is 30.1 Å². The molecule has 0 bridgehead atoms. The zero-order valence-electron chi connectivity index (χ0n) is 15.4. The van der Waals surface area contributed by atoms with Crippen LogP contribution in [0.5, 0.6) is 0 Å². The fraction of sp³-hybridized carbons (Fsp3) is 0.0476. The highest BCUT2D eigenvalue weighted by Crippen LogP contribution is 2.29. The van der Waals surface area contributed by atoms with Crippen molar-refractivity contribution in [3.63, 3.8) is 0 Å². The van der Waals surface area contributed by atoms with Crippen LogP contribution < -0.4 is 5.69 Å². The Bertz CT molecular complexity index is 1380. The van der Waals surface area contributed by atoms with Crippen molar-refractivity contribution in [3.05, 3.63) is 77.4 Å². The lowest BCUT2D eigenvalue weighted by molar-refractivity contribution is 1.08. The Kier molecular flexibility index (Phi) is 3.94. The van der Waals surface area contributed by atoms with E-state index in [1.807, 2.05) is 43.3 Å². The Morgan fingerprint density at radius 1 is 0.862 bits per heavy atom. The lowest BCUT2D eigenvalue weighted by Gasteiger charge is -2.06. The predicted octanol–water partition coefficient (Wildman–Crippen LogP) is 3.14. The summed E-state index contributed by atoms with van der Waals surface area (Å²) >= 11 is 0. The van der Waals surface area contributed by atoms with Gasteiger partial charge in [-0.25, -0.2) is 14.8 Å². The highest BCUT2D eigenvalue weighted by molar-refractivity contribution is 5.84. The summed E-state index contributed by atoms with van der Waals surface area (Å²) in [6, 6.07) is 11.6. The Morgan fingerprint density at radius 3 is 2.59 bits per heavy atom. The Hall–Kier alpha value is -4.20. The van der Waals surface area contributed by atoms with Gasteiger partial charge in [0, 0.05) is 41.0 Å². The number of H-pyrrole nitrogens is 2. The van der Waals surface area contributed by atoms with Crippen LogP contribution in [-0.4, -0.2) is 35.1 Å². The summed E-state index contributed by atoms with van der Waals surface area (Å²) in [6.45, 7) is 1.95. The minimum atomic E-state index is -0.389. The lowest BCUT2D eigenvalue weighted by Crippen LogP contribution is -2.07. The molecule has 140 valence electrons. The molecule has 8 nitrogen and oxygen atoms in total. The van der Waals surface area contributed by atoms with Gasteiger partial charge in [0.15, 0.2) is 0 Å². The van der Waals surface area contributed by atoms with Crippen LogP contribution in [0.2, 0.25) is 0 Å². The molecule has 0 amide bonds. The van der Waals surface area contributed by atoms with E-state index in [-0.39, 0.29) is 5.69 Å². The lowest BCUT2D eigenvalue weighted by atomic mass is 10.1. The Morgan fingerprint density at radius 2 is 1.76 bits per heavy atom. The van der Waals surface area contributed by atoms with Crippen LogP contribution in [0.15, 0.2) is 66.0 Å². The second kappa shape index (κ2) is 6.75. The number of hydrogen-bond acceptors (Lipinski definition) is 6. The van der Waals surface area contributed by atoms with Gasteiger partial charge in [-0.1, -0.05) is 6.07 Å². The molecule has 0 atom stereocenters. The first-order valence-electron chi connectivity index (χ1n) is 8.97. The first-order valence-corrected chi connectivity index (χ1v) is 8.97. The Balaban J connectivity index is 1.61. The topological polar surface area (TPSA) is 113 Å². The van der Waals surface area contributed by atoms with Gasteiger partial charge in [0.1, 0.15) is 0 Å². The standard InChI is InChI=1S/C21H15N7O/c1-12-3-2-4-18(26-12)20-15(11-25-28-20)16-5-6-17-19(27-16)7-13(8-22-17)14-9-23-21(29)24-10-14/h2-11H,1H3,(H,25,28)(H,23,24,29). The van der Waals surface area contributed by atoms with Crippen LogP contribution in [0, 0.1) is 6.92 Å². The molecule has 5 rings (SSSR count). The van der Waals surface area contributed by atoms with Crippen LogP contribution in [0.4, 0.5) is 0 Å². The van der Waals surface area contributed by atoms with Crippen LogP contribution in [-0.2, 0) is 0 Å². The molecule has 0 aliphatic rings. The predicted molar refractivity (Wildman–Crippen MR) is 109 cm³/mol. The van der Waals surface area contributed by atoms with E-state index in [0.717, 1.165) is 50.5 Å². The number of fused-ring (bicyclic) bond motifs is 1. The van der Waals surface area contributed by atoms with E-state index in [9.17, 15) is 4.79 Å². The van der Waals surface area contributed by atoms with E-state index in [1.54, 1.807) is 18.6 Å². The van der Waals surface area contributed by atoms with Gasteiger partial charge in [0.25, 0.3) is 0 Å². The van der Waals surface area contributed by atoms with Gasteiger partial charge < -0.3 is 4.98 Å². The van der Waals surface area contributed by atoms with Crippen molar-refractivity contribution in [1.29, 1.82) is 0 Å². The van der Waals surface area contributed by atoms with Crippen molar-refractivity contribution < 1.29 is 0 Å². The molecule has 0 radical (unpaired) electrons. The summed E-state index contributed by atoms with van der Waals surface area (Å²) < 4.78 is 0. The smallest absolute Gasteiger partial charge is 0.312 e. The van der Waals surface area contributed by atoms with Crippen LogP contribution in [0.25, 0.3) is 44.8 Å². The zero-order chi connectivity index (χ0) is 19.8. The first-order chi connectivity index (χ1) is 14.2. The molecule has 0 aromatic carbocycles. The molecule has 0 aliphatic carbocycles. The van der Waals surface area contributed by atoms with E-state index < -0.39 is 0 Å². The van der Waals surface area contributed by atoms with Crippen molar-refractivity contribution in [2.24, 2.45) is 0 Å². The van der Waals surface area contributed by atoms with E-state index in [1.165, 1.54) is 6.20 Å². The largest absolute Gasteiger partial charge is 0.344 e. The molecule has 29 heavy (non-hydrogen) atoms. The number of aromatic nitrogens is 7. The second-order valence-corrected chi connectivity index (χ2v) is 6.59. The van der Waals surface area contributed by atoms with Gasteiger partial charge in [-0.2, -0.15) is 5.10 Å². The molecule has 5 aromatic rings. The van der Waals surface area contributed by atoms with Crippen LogP contribution >= 0.6 is 0 Å². The summed E-state index contributed by atoms with van der Waals surface area (Å²) in [5.41, 5.74) is 6.88. The average molecular weight is 381 g/mol. The number of rotatable bonds is 3. The molecule has 5 aromatic heterocycles. The molecule has 0 unspecified atom stereocenters. The normalized spacial score (nSPS) is 11.1. The molecule has 2 N–H and O–H groups in total. The summed E-state index contributed by atoms with van der Waals surface area (Å²) in [5.74, 6) is 0. The third kappa shape index (κ3) is 3.16. The molecule has 0 fully saturated rings. The van der Waals surface area contributed by atoms with Crippen molar-refractivity contribution in [2.45, 2.75) is 6.92 Å². The molecule has 0 spiro atoms. The number of nitrogens with one attached hydrogen (secondary N) is 2. The second-order valence-electron chi connectivity index (χ2n) is 6.59. The maximum absolute atomic E-state index is 11.2. The van der Waals surface area contributed by atoms with Gasteiger partial charge >= 0.3 is 5.69 Å². The van der Waals surface area contributed by atoms with Gasteiger partial charge in [0.2, 0.25) is 0 Å². The fourth-order valence-electron chi connectivity index (χ4n) is 3.17. The molecule has 8 heteroatoms. The maximum atomic E-state index is 11.2. The average Bonchev–Trinajstić information content (AvgIpc) is 3.23. The van der Waals surface area contributed by atoms with Crippen molar-refractivity contribution in [2.75, 3.05) is 0 Å². The van der Waals surface area contributed by atoms with Gasteiger partial charge in [-0.05, 0) is 37.3 Å². The van der Waals surface area contributed by atoms with Crippen LogP contribution in [0.1, 0.15) is 5.69 Å². The number of hydrogen-bond donors (Lipinski definition) is 2. The highest BCUT2D eigenvalue weighted by atomic mass is 16.1. The zero-order valence-corrected chi connectivity index (χ0v) is 15.4. The van der Waals surface area contributed by atoms with E-state index >= 15 is 0 Å². The summed E-state index contributed by atoms with van der Waals surface area (Å²) in [7, 11) is 0. The highest BCUT2D eigenvalue weighted by Gasteiger charge is 2.13. The minimum absolute atomic E-state index is 0.389. The minimum Gasteiger partial charge on any atom is -0.312 e. The fourth-order valence-corrected chi connectivity index (χ4v) is 3.17. The molecule has 5 heterocycles. The van der Waals surface area contributed by atoms with Crippen molar-refractivity contribution >= 4 is 11.0 Å². The van der Waals surface area contributed by atoms with Gasteiger partial charge in [0.05, 0.1) is 34.3 Å². The number of aromatic amines is 2. The first kappa shape index (κ1) is 16.9. The molecular formula is C21H15N7O. The third-order valence-corrected chi connectivity index (χ3v) is 4.60. The molecule has 0 saturated heterocycles. The summed E-state index contributed by atoms with van der Waals surface area (Å²) in [5, 5.41) is 7.22. The quantitative estimate of drug-likeness (QED) is 0.496. The van der Waals surface area contributed by atoms with Gasteiger partial charge in [-0.15, -0.1) is 0 Å². The number of pyridine rings is 3. The van der Waals surface area contributed by atoms with Crippen molar-refractivity contribution in [3.8, 4) is 33.8 Å². The van der Waals surface area contributed by atoms with Gasteiger partial charge in [-0.3, -0.25) is 15.1 Å². The van der Waals surface area contributed by atoms with Crippen LogP contribution in [0.3, 0.4) is 0 Å². The van der Waals surface area contributed by atoms with E-state index in [0.29, 0.717) is 0 Å². The monoisotopic (exact) mass is 381 g/mol. The van der Waals surface area contributed by atoms with E-state index in [4.69, 9.17) is 4.98 Å². The SMILES string of the molecule is Cc1cccc(-c2[nH]ncc2-c2ccc3ncc(-c4cnc(=O)[nH]c4)cc3n2)n1. The molecular weight excluding hydrogens is 366 g/mol. The summed E-state index contributed by atoms with van der Waals surface area (Å²) in [6.07, 6.45) is 6.61. The maximum Gasteiger partial charge on any atom is 0.344 e. The summed E-state index contributed by atoms with van der Waals surface area (Å²) in [4.78, 5) is 31.4. The molecule has 0 saturated carbocycles. The number of nitrogens with zero attached hydrogens (tertiary/aromatic N) is 5. The third-order valence-electron chi connectivity index (χ3n) is 4.60. The number of aryl methyl sites for hydroxylation is 1.